The lowest BCUT2D eigenvalue weighted by molar-refractivity contribution is 0.486. The van der Waals surface area contributed by atoms with E-state index in [2.05, 4.69) is 90.5 Å². The average Bonchev–Trinajstić information content (AvgIpc) is 2.69. The molecule has 25 heavy (non-hydrogen) atoms. The Kier molecular flexibility index (Phi) is 5.81. The van der Waals surface area contributed by atoms with Gasteiger partial charge in [-0.15, -0.1) is 0 Å². The van der Waals surface area contributed by atoms with Crippen molar-refractivity contribution >= 4 is 21.5 Å². The van der Waals surface area contributed by atoms with Gasteiger partial charge in [0.15, 0.2) is 0 Å². The molecule has 3 rings (SSSR count). The van der Waals surface area contributed by atoms with Crippen LogP contribution in [0.25, 0.3) is 5.57 Å². The number of nitrogens with one attached hydrogen (secondary N) is 1. The summed E-state index contributed by atoms with van der Waals surface area (Å²) in [6.45, 7) is 8.85. The number of hydrogen-bond donors (Lipinski definition) is 1. The first-order valence-electron chi connectivity index (χ1n) is 9.21. The van der Waals surface area contributed by atoms with E-state index in [4.69, 9.17) is 0 Å². The first kappa shape index (κ1) is 18.4. The molecule has 0 radical (unpaired) electrons. The van der Waals surface area contributed by atoms with Gasteiger partial charge in [-0.3, -0.25) is 0 Å². The summed E-state index contributed by atoms with van der Waals surface area (Å²) in [6.07, 6.45) is 3.35. The van der Waals surface area contributed by atoms with Crippen LogP contribution in [0.4, 0.5) is 0 Å². The first-order valence-corrected chi connectivity index (χ1v) is 10.0. The zero-order chi connectivity index (χ0) is 17.9. The minimum absolute atomic E-state index is 0.214. The van der Waals surface area contributed by atoms with Gasteiger partial charge >= 0.3 is 0 Å². The molecule has 0 aromatic heterocycles. The van der Waals surface area contributed by atoms with Crippen LogP contribution in [0.15, 0.2) is 53.0 Å². The maximum absolute atomic E-state index is 3.88. The van der Waals surface area contributed by atoms with Gasteiger partial charge in [-0.1, -0.05) is 83.9 Å². The molecule has 1 N–H and O–H groups in total. The van der Waals surface area contributed by atoms with E-state index in [0.717, 1.165) is 25.9 Å². The number of halogens is 1. The van der Waals surface area contributed by atoms with Crippen LogP contribution in [-0.4, -0.2) is 13.1 Å². The Hall–Kier alpha value is -1.38. The molecule has 2 aromatic rings. The molecule has 2 aromatic carbocycles. The Balaban J connectivity index is 1.75. The number of fused-ring (bicyclic) bond motifs is 1. The van der Waals surface area contributed by atoms with Gasteiger partial charge in [0.2, 0.25) is 0 Å². The van der Waals surface area contributed by atoms with Gasteiger partial charge in [0.05, 0.1) is 0 Å². The van der Waals surface area contributed by atoms with Crippen LogP contribution in [0.2, 0.25) is 0 Å². The molecule has 1 aliphatic rings. The summed E-state index contributed by atoms with van der Waals surface area (Å²) < 4.78 is 1.36. The number of hydrogen-bond acceptors (Lipinski definition) is 1. The molecule has 0 bridgehead atoms. The average molecular weight is 398 g/mol. The fourth-order valence-electron chi connectivity index (χ4n) is 3.62. The van der Waals surface area contributed by atoms with E-state index in [1.54, 1.807) is 0 Å². The standard InChI is InChI=1S/C23H28BrN/c1-17-9-10-19-20(16-25-14-12-18-7-5-4-6-8-18)22(24)11-13-23(2,3)21(19)15-17/h4-10,15,25H,11-14,16H2,1-3H3. The van der Waals surface area contributed by atoms with Crippen molar-refractivity contribution in [2.24, 2.45) is 0 Å². The van der Waals surface area contributed by atoms with Crippen LogP contribution in [0.3, 0.4) is 0 Å². The molecule has 0 fully saturated rings. The lowest BCUT2D eigenvalue weighted by Gasteiger charge is -2.26. The smallest absolute Gasteiger partial charge is 0.0219 e. The maximum Gasteiger partial charge on any atom is 0.0219 e. The number of rotatable bonds is 5. The van der Waals surface area contributed by atoms with Gasteiger partial charge in [0.25, 0.3) is 0 Å². The second kappa shape index (κ2) is 7.88. The van der Waals surface area contributed by atoms with Crippen LogP contribution in [0, 0.1) is 6.92 Å². The number of allylic oxidation sites excluding steroid dienone is 1. The Morgan fingerprint density at radius 3 is 2.60 bits per heavy atom. The summed E-state index contributed by atoms with van der Waals surface area (Å²) in [4.78, 5) is 0. The van der Waals surface area contributed by atoms with Crippen molar-refractivity contribution in [1.82, 2.24) is 5.32 Å². The van der Waals surface area contributed by atoms with Crippen molar-refractivity contribution in [3.63, 3.8) is 0 Å². The minimum Gasteiger partial charge on any atom is -0.312 e. The monoisotopic (exact) mass is 397 g/mol. The van der Waals surface area contributed by atoms with Gasteiger partial charge < -0.3 is 5.32 Å². The summed E-state index contributed by atoms with van der Waals surface area (Å²) in [5, 5.41) is 3.66. The molecule has 1 aliphatic carbocycles. The van der Waals surface area contributed by atoms with Gasteiger partial charge in [-0.2, -0.15) is 0 Å². The van der Waals surface area contributed by atoms with E-state index in [9.17, 15) is 0 Å². The molecule has 0 unspecified atom stereocenters. The maximum atomic E-state index is 3.88. The number of aryl methyl sites for hydroxylation is 1. The second-order valence-corrected chi connectivity index (χ2v) is 8.69. The summed E-state index contributed by atoms with van der Waals surface area (Å²) in [7, 11) is 0. The van der Waals surface area contributed by atoms with Crippen molar-refractivity contribution < 1.29 is 0 Å². The van der Waals surface area contributed by atoms with Crippen LogP contribution in [-0.2, 0) is 11.8 Å². The van der Waals surface area contributed by atoms with Crippen molar-refractivity contribution in [2.75, 3.05) is 13.1 Å². The fraction of sp³-hybridized carbons (Fsp3) is 0.391. The van der Waals surface area contributed by atoms with Gasteiger partial charge in [-0.25, -0.2) is 0 Å². The first-order chi connectivity index (χ1) is 12.0. The zero-order valence-electron chi connectivity index (χ0n) is 15.5. The Labute approximate surface area is 160 Å². The third kappa shape index (κ3) is 4.43. The van der Waals surface area contributed by atoms with Crippen molar-refractivity contribution in [2.45, 2.75) is 45.4 Å². The minimum atomic E-state index is 0.214. The van der Waals surface area contributed by atoms with Gasteiger partial charge in [0.1, 0.15) is 0 Å². The Morgan fingerprint density at radius 2 is 1.84 bits per heavy atom. The molecule has 0 saturated carbocycles. The molecule has 0 aliphatic heterocycles. The van der Waals surface area contributed by atoms with E-state index in [1.807, 2.05) is 0 Å². The van der Waals surface area contributed by atoms with E-state index in [0.29, 0.717) is 0 Å². The highest BCUT2D eigenvalue weighted by atomic mass is 79.9. The van der Waals surface area contributed by atoms with Crippen LogP contribution in [0.5, 0.6) is 0 Å². The summed E-state index contributed by atoms with van der Waals surface area (Å²) in [6, 6.07) is 17.6. The molecule has 132 valence electrons. The highest BCUT2D eigenvalue weighted by Gasteiger charge is 2.28. The highest BCUT2D eigenvalue weighted by molar-refractivity contribution is 9.11. The van der Waals surface area contributed by atoms with Crippen LogP contribution < -0.4 is 5.32 Å². The Bertz CT molecular complexity index is 759. The van der Waals surface area contributed by atoms with Gasteiger partial charge in [0, 0.05) is 11.0 Å². The molecular weight excluding hydrogens is 370 g/mol. The molecule has 0 saturated heterocycles. The van der Waals surface area contributed by atoms with Crippen LogP contribution >= 0.6 is 15.9 Å². The second-order valence-electron chi connectivity index (χ2n) is 7.73. The zero-order valence-corrected chi connectivity index (χ0v) is 17.1. The van der Waals surface area contributed by atoms with Gasteiger partial charge in [-0.05, 0) is 60.4 Å². The molecular formula is C23H28BrN. The summed E-state index contributed by atoms with van der Waals surface area (Å²) in [5.41, 5.74) is 7.27. The predicted molar refractivity (Wildman–Crippen MR) is 112 cm³/mol. The molecule has 0 heterocycles. The molecule has 2 heteroatoms. The van der Waals surface area contributed by atoms with Crippen molar-refractivity contribution in [1.29, 1.82) is 0 Å². The Morgan fingerprint density at radius 1 is 1.08 bits per heavy atom. The predicted octanol–water partition coefficient (Wildman–Crippen LogP) is 6.00. The summed E-state index contributed by atoms with van der Waals surface area (Å²) in [5.74, 6) is 0. The fourth-order valence-corrected chi connectivity index (χ4v) is 4.17. The largest absolute Gasteiger partial charge is 0.312 e. The number of benzene rings is 2. The normalized spacial score (nSPS) is 16.5. The SMILES string of the molecule is Cc1ccc2c(c1)C(C)(C)CCC(Br)=C2CNCCc1ccccc1. The molecule has 0 amide bonds. The molecule has 0 spiro atoms. The van der Waals surface area contributed by atoms with E-state index in [-0.39, 0.29) is 5.41 Å². The van der Waals surface area contributed by atoms with E-state index >= 15 is 0 Å². The third-order valence-electron chi connectivity index (χ3n) is 5.26. The lowest BCUT2D eigenvalue weighted by atomic mass is 9.78. The van der Waals surface area contributed by atoms with Crippen molar-refractivity contribution in [3.8, 4) is 0 Å². The third-order valence-corrected chi connectivity index (χ3v) is 6.14. The topological polar surface area (TPSA) is 12.0 Å². The molecule has 1 nitrogen and oxygen atoms in total. The van der Waals surface area contributed by atoms with E-state index < -0.39 is 0 Å². The quantitative estimate of drug-likeness (QED) is 0.609. The summed E-state index contributed by atoms with van der Waals surface area (Å²) >= 11 is 3.88. The van der Waals surface area contributed by atoms with E-state index in [1.165, 1.54) is 38.7 Å². The highest BCUT2D eigenvalue weighted by Crippen LogP contribution is 2.42. The lowest BCUT2D eigenvalue weighted by Crippen LogP contribution is -2.21. The molecule has 0 atom stereocenters. The van der Waals surface area contributed by atoms with Crippen LogP contribution in [0.1, 0.15) is 48.9 Å². The van der Waals surface area contributed by atoms with Crippen molar-refractivity contribution in [3.05, 3.63) is 75.3 Å².